The van der Waals surface area contributed by atoms with Gasteiger partial charge in [-0.2, -0.15) is 0 Å². The minimum absolute atomic E-state index is 0.0916. The number of hydrogen-bond donors (Lipinski definition) is 6. The average molecular weight is 504 g/mol. The zero-order chi connectivity index (χ0) is 25.0. The van der Waals surface area contributed by atoms with Crippen molar-refractivity contribution >= 4 is 35.1 Å². The third kappa shape index (κ3) is 9.09. The number of carboxylic acids is 1. The molecule has 2 aromatic rings. The first kappa shape index (κ1) is 26.3. The molecule has 1 aliphatic rings. The van der Waals surface area contributed by atoms with Gasteiger partial charge in [-0.3, -0.25) is 30.0 Å². The molecule has 0 bridgehead atoms. The second kappa shape index (κ2) is 13.5. The van der Waals surface area contributed by atoms with Gasteiger partial charge in [-0.25, -0.2) is 0 Å². The van der Waals surface area contributed by atoms with Gasteiger partial charge >= 0.3 is 5.97 Å². The summed E-state index contributed by atoms with van der Waals surface area (Å²) in [5, 5.41) is 30.1. The Balaban J connectivity index is 1.41. The molecule has 12 heteroatoms. The minimum atomic E-state index is -1.53. The van der Waals surface area contributed by atoms with E-state index in [1.165, 1.54) is 11.3 Å². The van der Waals surface area contributed by atoms with Crippen molar-refractivity contribution in [3.63, 3.8) is 0 Å². The fourth-order valence-electron chi connectivity index (χ4n) is 3.15. The number of hydrogen-bond acceptors (Lipinski definition) is 9. The van der Waals surface area contributed by atoms with Crippen LogP contribution in [-0.2, 0) is 27.4 Å². The molecule has 1 aliphatic heterocycles. The largest absolute Gasteiger partial charge is 0.480 e. The second-order valence-electron chi connectivity index (χ2n) is 7.74. The minimum Gasteiger partial charge on any atom is -0.480 e. The number of amides is 2. The van der Waals surface area contributed by atoms with Crippen molar-refractivity contribution in [2.45, 2.75) is 38.3 Å². The second-order valence-corrected chi connectivity index (χ2v) is 8.91. The van der Waals surface area contributed by atoms with Gasteiger partial charge in [-0.05, 0) is 30.5 Å². The van der Waals surface area contributed by atoms with Crippen molar-refractivity contribution in [3.05, 3.63) is 57.8 Å². The molecule has 1 aromatic heterocycles. The highest BCUT2D eigenvalue weighted by atomic mass is 32.1. The summed E-state index contributed by atoms with van der Waals surface area (Å²) in [7, 11) is 0. The number of guanidine groups is 1. The van der Waals surface area contributed by atoms with E-state index in [4.69, 9.17) is 4.74 Å². The Bertz CT molecular complexity index is 1030. The van der Waals surface area contributed by atoms with Crippen LogP contribution in [0.3, 0.4) is 0 Å². The van der Waals surface area contributed by atoms with Crippen molar-refractivity contribution in [2.75, 3.05) is 19.6 Å². The molecule has 2 heterocycles. The lowest BCUT2D eigenvalue weighted by atomic mass is 10.2. The van der Waals surface area contributed by atoms with Crippen LogP contribution in [0.1, 0.15) is 33.0 Å². The van der Waals surface area contributed by atoms with E-state index in [-0.39, 0.29) is 25.5 Å². The van der Waals surface area contributed by atoms with Crippen molar-refractivity contribution in [1.82, 2.24) is 21.3 Å². The SMILES string of the molecule is O=C(CCc1ccc(C(=O)NCC(NC(O)OCc2ccccc2)C(=O)O)s1)NC1=NCCCN1. The molecule has 2 atom stereocenters. The predicted molar refractivity (Wildman–Crippen MR) is 130 cm³/mol. The Morgan fingerprint density at radius 1 is 1.17 bits per heavy atom. The van der Waals surface area contributed by atoms with Crippen LogP contribution >= 0.6 is 11.3 Å². The summed E-state index contributed by atoms with van der Waals surface area (Å²) in [6.07, 6.45) is 0.114. The first-order valence-corrected chi connectivity index (χ1v) is 12.0. The van der Waals surface area contributed by atoms with Gasteiger partial charge in [0, 0.05) is 30.9 Å². The molecule has 0 aliphatic carbocycles. The third-order valence-corrected chi connectivity index (χ3v) is 6.14. The molecular weight excluding hydrogens is 474 g/mol. The number of aliphatic imine (C=N–C) groups is 1. The van der Waals surface area contributed by atoms with Crippen LogP contribution in [0.15, 0.2) is 47.5 Å². The van der Waals surface area contributed by atoms with Crippen LogP contribution in [0.5, 0.6) is 0 Å². The number of ether oxygens (including phenoxy) is 1. The van der Waals surface area contributed by atoms with Gasteiger partial charge < -0.3 is 25.6 Å². The van der Waals surface area contributed by atoms with Gasteiger partial charge in [0.1, 0.15) is 6.04 Å². The summed E-state index contributed by atoms with van der Waals surface area (Å²) in [6.45, 7) is 1.30. The van der Waals surface area contributed by atoms with Crippen molar-refractivity contribution < 1.29 is 29.3 Å². The number of aliphatic hydroxyl groups is 1. The standard InChI is InChI=1S/C23H29N5O6S/c29-19(28-22-24-11-4-12-25-22)10-8-16-7-9-18(35-16)20(30)26-13-17(21(31)32)27-23(33)34-14-15-5-2-1-3-6-15/h1-3,5-7,9,17,23,27,33H,4,8,10-14H2,(H,26,30)(H,31,32)(H2,24,25,28,29). The number of thiophene rings is 1. The van der Waals surface area contributed by atoms with Gasteiger partial charge in [0.05, 0.1) is 11.5 Å². The topological polar surface area (TPSA) is 161 Å². The summed E-state index contributed by atoms with van der Waals surface area (Å²) >= 11 is 1.23. The van der Waals surface area contributed by atoms with Gasteiger partial charge in [0.15, 0.2) is 5.96 Å². The van der Waals surface area contributed by atoms with Crippen LogP contribution in [0.4, 0.5) is 0 Å². The number of aliphatic hydroxyl groups excluding tert-OH is 1. The molecule has 0 spiro atoms. The molecule has 6 N–H and O–H groups in total. The van der Waals surface area contributed by atoms with Gasteiger partial charge in [-0.15, -0.1) is 11.3 Å². The van der Waals surface area contributed by atoms with E-state index in [2.05, 4.69) is 26.3 Å². The molecule has 0 saturated heterocycles. The molecule has 11 nitrogen and oxygen atoms in total. The first-order chi connectivity index (χ1) is 16.9. The van der Waals surface area contributed by atoms with Crippen molar-refractivity contribution in [1.29, 1.82) is 0 Å². The Morgan fingerprint density at radius 2 is 1.97 bits per heavy atom. The van der Waals surface area contributed by atoms with Gasteiger partial charge in [0.2, 0.25) is 12.3 Å². The van der Waals surface area contributed by atoms with E-state index >= 15 is 0 Å². The highest BCUT2D eigenvalue weighted by Crippen LogP contribution is 2.18. The van der Waals surface area contributed by atoms with Gasteiger partial charge in [0.25, 0.3) is 5.91 Å². The summed E-state index contributed by atoms with van der Waals surface area (Å²) in [5.74, 6) is -1.37. The fraction of sp³-hybridized carbons (Fsp3) is 0.391. The lowest BCUT2D eigenvalue weighted by molar-refractivity contribution is -0.154. The molecule has 0 radical (unpaired) electrons. The number of benzene rings is 1. The summed E-state index contributed by atoms with van der Waals surface area (Å²) in [4.78, 5) is 41.5. The van der Waals surface area contributed by atoms with Crippen molar-refractivity contribution in [2.24, 2.45) is 4.99 Å². The molecule has 188 valence electrons. The third-order valence-electron chi connectivity index (χ3n) is 5.00. The quantitative estimate of drug-likeness (QED) is 0.227. The molecular formula is C23H29N5O6S. The molecule has 3 rings (SSSR count). The molecule has 0 fully saturated rings. The molecule has 2 unspecified atom stereocenters. The normalized spacial score (nSPS) is 14.8. The maximum atomic E-state index is 12.5. The zero-order valence-electron chi connectivity index (χ0n) is 19.0. The Kier molecular flexibility index (Phi) is 10.2. The van der Waals surface area contributed by atoms with E-state index in [0.717, 1.165) is 23.4 Å². The number of aryl methyl sites for hydroxylation is 1. The van der Waals surface area contributed by atoms with Crippen LogP contribution in [0.25, 0.3) is 0 Å². The van der Waals surface area contributed by atoms with E-state index in [9.17, 15) is 24.6 Å². The number of nitrogens with one attached hydrogen (secondary N) is 4. The van der Waals surface area contributed by atoms with E-state index in [1.54, 1.807) is 12.1 Å². The number of carbonyl (C=O) groups excluding carboxylic acids is 2. The Hall–Kier alpha value is -3.32. The molecule has 2 amide bonds. The molecule has 35 heavy (non-hydrogen) atoms. The summed E-state index contributed by atoms with van der Waals surface area (Å²) in [5.41, 5.74) is 0.818. The fourth-order valence-corrected chi connectivity index (χ4v) is 4.07. The van der Waals surface area contributed by atoms with Crippen LogP contribution in [-0.4, -0.2) is 66.0 Å². The number of carboxylic acid groups (broad SMARTS) is 1. The van der Waals surface area contributed by atoms with Crippen LogP contribution in [0.2, 0.25) is 0 Å². The first-order valence-electron chi connectivity index (χ1n) is 11.2. The number of rotatable bonds is 12. The summed E-state index contributed by atoms with van der Waals surface area (Å²) in [6, 6.07) is 11.2. The van der Waals surface area contributed by atoms with Crippen LogP contribution < -0.4 is 21.3 Å². The van der Waals surface area contributed by atoms with Crippen molar-refractivity contribution in [3.8, 4) is 0 Å². The van der Waals surface area contributed by atoms with Crippen LogP contribution in [0, 0.1) is 0 Å². The number of carbonyl (C=O) groups is 3. The highest BCUT2D eigenvalue weighted by Gasteiger charge is 2.22. The Labute approximate surface area is 206 Å². The predicted octanol–water partition coefficient (Wildman–Crippen LogP) is 0.412. The maximum Gasteiger partial charge on any atom is 0.322 e. The lowest BCUT2D eigenvalue weighted by Crippen LogP contribution is -2.50. The molecule has 0 saturated carbocycles. The number of aliphatic carboxylic acids is 1. The van der Waals surface area contributed by atoms with E-state index in [1.807, 2.05) is 30.3 Å². The maximum absolute atomic E-state index is 12.5. The Morgan fingerprint density at radius 3 is 2.69 bits per heavy atom. The smallest absolute Gasteiger partial charge is 0.322 e. The highest BCUT2D eigenvalue weighted by molar-refractivity contribution is 7.14. The summed E-state index contributed by atoms with van der Waals surface area (Å²) < 4.78 is 5.22. The van der Waals surface area contributed by atoms with E-state index < -0.39 is 24.3 Å². The van der Waals surface area contributed by atoms with E-state index in [0.29, 0.717) is 23.8 Å². The average Bonchev–Trinajstić information content (AvgIpc) is 3.34. The molecule has 1 aromatic carbocycles. The zero-order valence-corrected chi connectivity index (χ0v) is 19.8. The lowest BCUT2D eigenvalue weighted by Gasteiger charge is -2.19. The number of nitrogens with zero attached hydrogens (tertiary/aromatic N) is 1. The monoisotopic (exact) mass is 503 g/mol. The van der Waals surface area contributed by atoms with Gasteiger partial charge in [-0.1, -0.05) is 30.3 Å².